The standard InChI is InChI=1S/C16H17N5O2S/c1-16(2,3)14-19-20-15(24-14)18-12(22)8-21-9-17-11-7-5-4-6-10(11)13(21)23/h4-7,9H,8H2,1-3H3,(H,18,20,22). The summed E-state index contributed by atoms with van der Waals surface area (Å²) in [5.74, 6) is -0.342. The summed E-state index contributed by atoms with van der Waals surface area (Å²) in [6, 6.07) is 7.04. The van der Waals surface area contributed by atoms with Gasteiger partial charge in [-0.15, -0.1) is 10.2 Å². The fourth-order valence-corrected chi connectivity index (χ4v) is 2.93. The summed E-state index contributed by atoms with van der Waals surface area (Å²) in [6.45, 7) is 5.96. The molecular formula is C16H17N5O2S. The molecule has 0 spiro atoms. The topological polar surface area (TPSA) is 89.8 Å². The largest absolute Gasteiger partial charge is 0.299 e. The molecule has 0 atom stereocenters. The molecular weight excluding hydrogens is 326 g/mol. The van der Waals surface area contributed by atoms with Crippen LogP contribution in [0.3, 0.4) is 0 Å². The van der Waals surface area contributed by atoms with Crippen molar-refractivity contribution in [2.24, 2.45) is 0 Å². The molecule has 0 radical (unpaired) electrons. The number of benzene rings is 1. The summed E-state index contributed by atoms with van der Waals surface area (Å²) in [7, 11) is 0. The summed E-state index contributed by atoms with van der Waals surface area (Å²) in [5, 5.41) is 12.5. The first-order valence-electron chi connectivity index (χ1n) is 7.42. The molecule has 0 aliphatic carbocycles. The molecule has 0 saturated heterocycles. The molecule has 2 heterocycles. The molecule has 24 heavy (non-hydrogen) atoms. The van der Waals surface area contributed by atoms with E-state index < -0.39 is 0 Å². The van der Waals surface area contributed by atoms with Crippen LogP contribution in [-0.2, 0) is 16.8 Å². The van der Waals surface area contributed by atoms with Gasteiger partial charge in [0.05, 0.1) is 17.2 Å². The molecule has 124 valence electrons. The molecule has 0 fully saturated rings. The minimum atomic E-state index is -0.342. The van der Waals surface area contributed by atoms with Gasteiger partial charge in [-0.25, -0.2) is 4.98 Å². The summed E-state index contributed by atoms with van der Waals surface area (Å²) in [5.41, 5.74) is 0.237. The Hall–Kier alpha value is -2.61. The van der Waals surface area contributed by atoms with Crippen LogP contribution in [-0.4, -0.2) is 25.7 Å². The first-order chi connectivity index (χ1) is 11.3. The number of hydrogen-bond donors (Lipinski definition) is 1. The minimum Gasteiger partial charge on any atom is -0.299 e. The van der Waals surface area contributed by atoms with Crippen LogP contribution in [0.15, 0.2) is 35.4 Å². The predicted octanol–water partition coefficient (Wildman–Crippen LogP) is 2.18. The molecule has 1 aromatic carbocycles. The Labute approximate surface area is 142 Å². The second-order valence-corrected chi connectivity index (χ2v) is 7.38. The lowest BCUT2D eigenvalue weighted by Crippen LogP contribution is -2.27. The van der Waals surface area contributed by atoms with Gasteiger partial charge in [-0.3, -0.25) is 19.5 Å². The number of nitrogens with zero attached hydrogens (tertiary/aromatic N) is 4. The molecule has 1 amide bonds. The Kier molecular flexibility index (Phi) is 4.15. The number of aromatic nitrogens is 4. The van der Waals surface area contributed by atoms with Crippen LogP contribution in [0.25, 0.3) is 10.9 Å². The molecule has 3 rings (SSSR count). The van der Waals surface area contributed by atoms with Gasteiger partial charge in [0.1, 0.15) is 11.6 Å². The number of anilines is 1. The molecule has 8 heteroatoms. The van der Waals surface area contributed by atoms with Crippen LogP contribution in [0.2, 0.25) is 0 Å². The number of carbonyl (C=O) groups excluding carboxylic acids is 1. The molecule has 0 bridgehead atoms. The first kappa shape index (κ1) is 16.3. The van der Waals surface area contributed by atoms with Gasteiger partial charge in [-0.2, -0.15) is 0 Å². The number of para-hydroxylation sites is 1. The zero-order chi connectivity index (χ0) is 17.3. The lowest BCUT2D eigenvalue weighted by Gasteiger charge is -2.12. The van der Waals surface area contributed by atoms with E-state index in [1.54, 1.807) is 18.2 Å². The van der Waals surface area contributed by atoms with Crippen molar-refractivity contribution in [2.45, 2.75) is 32.7 Å². The van der Waals surface area contributed by atoms with E-state index >= 15 is 0 Å². The zero-order valence-corrected chi connectivity index (χ0v) is 14.4. The molecule has 2 aromatic heterocycles. The fourth-order valence-electron chi connectivity index (χ4n) is 2.11. The fraction of sp³-hybridized carbons (Fsp3) is 0.312. The lowest BCUT2D eigenvalue weighted by molar-refractivity contribution is -0.116. The van der Waals surface area contributed by atoms with Crippen molar-refractivity contribution in [3.05, 3.63) is 46.0 Å². The number of amides is 1. The van der Waals surface area contributed by atoms with E-state index in [1.165, 1.54) is 22.2 Å². The number of rotatable bonds is 3. The van der Waals surface area contributed by atoms with Crippen LogP contribution in [0, 0.1) is 0 Å². The molecule has 3 aromatic rings. The van der Waals surface area contributed by atoms with E-state index in [0.717, 1.165) is 5.01 Å². The second-order valence-electron chi connectivity index (χ2n) is 6.41. The number of hydrogen-bond acceptors (Lipinski definition) is 6. The highest BCUT2D eigenvalue weighted by Gasteiger charge is 2.20. The second kappa shape index (κ2) is 6.12. The van der Waals surface area contributed by atoms with E-state index in [0.29, 0.717) is 16.0 Å². The van der Waals surface area contributed by atoms with Crippen molar-refractivity contribution in [2.75, 3.05) is 5.32 Å². The monoisotopic (exact) mass is 343 g/mol. The maximum atomic E-state index is 12.4. The minimum absolute atomic E-state index is 0.124. The molecule has 7 nitrogen and oxygen atoms in total. The quantitative estimate of drug-likeness (QED) is 0.787. The zero-order valence-electron chi connectivity index (χ0n) is 13.6. The molecule has 1 N–H and O–H groups in total. The average Bonchev–Trinajstić information content (AvgIpc) is 2.99. The average molecular weight is 343 g/mol. The van der Waals surface area contributed by atoms with E-state index in [2.05, 4.69) is 20.5 Å². The van der Waals surface area contributed by atoms with Crippen LogP contribution in [0.1, 0.15) is 25.8 Å². The predicted molar refractivity (Wildman–Crippen MR) is 93.2 cm³/mol. The van der Waals surface area contributed by atoms with Gasteiger partial charge >= 0.3 is 0 Å². The smallest absolute Gasteiger partial charge is 0.261 e. The molecule has 0 aliphatic rings. The SMILES string of the molecule is CC(C)(C)c1nnc(NC(=O)Cn2cnc3ccccc3c2=O)s1. The van der Waals surface area contributed by atoms with Crippen LogP contribution >= 0.6 is 11.3 Å². The van der Waals surface area contributed by atoms with Crippen molar-refractivity contribution in [1.29, 1.82) is 0 Å². The van der Waals surface area contributed by atoms with Gasteiger partial charge < -0.3 is 0 Å². The first-order valence-corrected chi connectivity index (χ1v) is 8.24. The van der Waals surface area contributed by atoms with Crippen molar-refractivity contribution in [1.82, 2.24) is 19.7 Å². The Morgan fingerprint density at radius 3 is 2.71 bits per heavy atom. The number of nitrogens with one attached hydrogen (secondary N) is 1. The van der Waals surface area contributed by atoms with Gasteiger partial charge in [0.25, 0.3) is 5.56 Å². The third kappa shape index (κ3) is 3.33. The van der Waals surface area contributed by atoms with Gasteiger partial charge in [0, 0.05) is 5.41 Å². The lowest BCUT2D eigenvalue weighted by atomic mass is 9.98. The Bertz CT molecular complexity index is 955. The van der Waals surface area contributed by atoms with E-state index in [1.807, 2.05) is 26.8 Å². The van der Waals surface area contributed by atoms with Crippen molar-refractivity contribution in [3.63, 3.8) is 0 Å². The van der Waals surface area contributed by atoms with E-state index in [9.17, 15) is 9.59 Å². The van der Waals surface area contributed by atoms with E-state index in [4.69, 9.17) is 0 Å². The van der Waals surface area contributed by atoms with Gasteiger partial charge in [-0.1, -0.05) is 44.2 Å². The van der Waals surface area contributed by atoms with Gasteiger partial charge in [0.15, 0.2) is 0 Å². The highest BCUT2D eigenvalue weighted by atomic mass is 32.1. The molecule has 0 unspecified atom stereocenters. The summed E-state index contributed by atoms with van der Waals surface area (Å²) in [4.78, 5) is 28.7. The maximum Gasteiger partial charge on any atom is 0.261 e. The number of carbonyl (C=O) groups is 1. The van der Waals surface area contributed by atoms with Crippen LogP contribution in [0.4, 0.5) is 5.13 Å². The van der Waals surface area contributed by atoms with Crippen LogP contribution < -0.4 is 10.9 Å². The molecule has 0 saturated carbocycles. The van der Waals surface area contributed by atoms with Crippen LogP contribution in [0.5, 0.6) is 0 Å². The normalized spacial score (nSPS) is 11.6. The Balaban J connectivity index is 1.77. The van der Waals surface area contributed by atoms with Gasteiger partial charge in [-0.05, 0) is 12.1 Å². The number of fused-ring (bicyclic) bond motifs is 1. The third-order valence-electron chi connectivity index (χ3n) is 3.36. The van der Waals surface area contributed by atoms with Crippen molar-refractivity contribution < 1.29 is 4.79 Å². The summed E-state index contributed by atoms with van der Waals surface area (Å²) in [6.07, 6.45) is 1.38. The summed E-state index contributed by atoms with van der Waals surface area (Å²) >= 11 is 1.33. The maximum absolute atomic E-state index is 12.4. The Morgan fingerprint density at radius 2 is 2.00 bits per heavy atom. The van der Waals surface area contributed by atoms with E-state index in [-0.39, 0.29) is 23.4 Å². The Morgan fingerprint density at radius 1 is 1.25 bits per heavy atom. The summed E-state index contributed by atoms with van der Waals surface area (Å²) < 4.78 is 1.28. The van der Waals surface area contributed by atoms with Crippen molar-refractivity contribution in [3.8, 4) is 0 Å². The molecule has 0 aliphatic heterocycles. The highest BCUT2D eigenvalue weighted by Crippen LogP contribution is 2.27. The third-order valence-corrected chi connectivity index (χ3v) is 4.62. The van der Waals surface area contributed by atoms with Gasteiger partial charge in [0.2, 0.25) is 11.0 Å². The highest BCUT2D eigenvalue weighted by molar-refractivity contribution is 7.15. The van der Waals surface area contributed by atoms with Crippen molar-refractivity contribution >= 4 is 33.3 Å².